The van der Waals surface area contributed by atoms with Gasteiger partial charge >= 0.3 is 5.97 Å². The van der Waals surface area contributed by atoms with Crippen molar-refractivity contribution in [1.29, 1.82) is 0 Å². The number of nitrogens with two attached hydrogens (primary N) is 1. The molecule has 0 saturated heterocycles. The van der Waals surface area contributed by atoms with E-state index >= 15 is 0 Å². The van der Waals surface area contributed by atoms with E-state index < -0.39 is 5.91 Å². The lowest BCUT2D eigenvalue weighted by Gasteiger charge is -2.10. The Kier molecular flexibility index (Phi) is 5.39. The van der Waals surface area contributed by atoms with E-state index in [0.29, 0.717) is 18.5 Å². The van der Waals surface area contributed by atoms with Crippen molar-refractivity contribution in [1.82, 2.24) is 4.57 Å². The van der Waals surface area contributed by atoms with E-state index in [1.165, 1.54) is 18.4 Å². The van der Waals surface area contributed by atoms with E-state index in [1.54, 1.807) is 6.08 Å². The standard InChI is InChI=1S/C17H20N2O3S/c1-4-9-19-11(2)15(17(18)21)16(13-6-5-10-23-13)12(19)7-8-14(20)22-3/h4-6,10H,1,7-9H2,2-3H3,(H2,18,21). The summed E-state index contributed by atoms with van der Waals surface area (Å²) in [6.07, 6.45) is 2.48. The molecule has 1 amide bonds. The smallest absolute Gasteiger partial charge is 0.305 e. The van der Waals surface area contributed by atoms with E-state index in [-0.39, 0.29) is 12.4 Å². The molecule has 0 spiro atoms. The number of rotatable bonds is 7. The molecule has 6 heteroatoms. The molecule has 0 bridgehead atoms. The van der Waals surface area contributed by atoms with E-state index in [4.69, 9.17) is 10.5 Å². The molecule has 0 radical (unpaired) electrons. The van der Waals surface area contributed by atoms with Crippen LogP contribution in [0.5, 0.6) is 0 Å². The van der Waals surface area contributed by atoms with Gasteiger partial charge < -0.3 is 15.0 Å². The molecule has 2 N–H and O–H groups in total. The molecule has 0 aliphatic carbocycles. The summed E-state index contributed by atoms with van der Waals surface area (Å²) < 4.78 is 6.72. The third-order valence-electron chi connectivity index (χ3n) is 3.75. The Balaban J connectivity index is 2.63. The largest absolute Gasteiger partial charge is 0.469 e. The minimum absolute atomic E-state index is 0.244. The topological polar surface area (TPSA) is 74.3 Å². The number of carbonyl (C=O) groups excluding carboxylic acids is 2. The van der Waals surface area contributed by atoms with Crippen LogP contribution in [0, 0.1) is 6.92 Å². The summed E-state index contributed by atoms with van der Waals surface area (Å²) in [5, 5.41) is 1.95. The van der Waals surface area contributed by atoms with E-state index in [9.17, 15) is 9.59 Å². The molecule has 0 fully saturated rings. The molecular weight excluding hydrogens is 312 g/mol. The highest BCUT2D eigenvalue weighted by Gasteiger charge is 2.25. The number of amides is 1. The number of carbonyl (C=O) groups is 2. The van der Waals surface area contributed by atoms with Gasteiger partial charge in [0.05, 0.1) is 19.1 Å². The molecule has 0 aromatic carbocycles. The zero-order valence-corrected chi connectivity index (χ0v) is 14.1. The van der Waals surface area contributed by atoms with Crippen LogP contribution in [0.25, 0.3) is 10.4 Å². The summed E-state index contributed by atoms with van der Waals surface area (Å²) in [6.45, 7) is 6.18. The van der Waals surface area contributed by atoms with Gasteiger partial charge in [-0.3, -0.25) is 9.59 Å². The van der Waals surface area contributed by atoms with Gasteiger partial charge in [-0.2, -0.15) is 0 Å². The molecule has 2 aromatic rings. The van der Waals surface area contributed by atoms with Gasteiger partial charge in [-0.25, -0.2) is 0 Å². The molecule has 23 heavy (non-hydrogen) atoms. The maximum atomic E-state index is 12.0. The molecule has 5 nitrogen and oxygen atoms in total. The number of allylic oxidation sites excluding steroid dienone is 1. The van der Waals surface area contributed by atoms with Gasteiger partial charge in [-0.1, -0.05) is 12.1 Å². The first-order valence-electron chi connectivity index (χ1n) is 7.24. The van der Waals surface area contributed by atoms with Crippen molar-refractivity contribution in [2.24, 2.45) is 5.73 Å². The second-order valence-electron chi connectivity index (χ2n) is 5.10. The van der Waals surface area contributed by atoms with Gasteiger partial charge in [0.15, 0.2) is 0 Å². The average molecular weight is 332 g/mol. The molecule has 0 unspecified atom stereocenters. The highest BCUT2D eigenvalue weighted by atomic mass is 32.1. The summed E-state index contributed by atoms with van der Waals surface area (Å²) in [7, 11) is 1.37. The van der Waals surface area contributed by atoms with E-state index in [1.807, 2.05) is 29.0 Å². The second-order valence-corrected chi connectivity index (χ2v) is 6.05. The van der Waals surface area contributed by atoms with Gasteiger partial charge in [0.2, 0.25) is 0 Å². The Hall–Kier alpha value is -2.34. The first-order valence-corrected chi connectivity index (χ1v) is 8.12. The van der Waals surface area contributed by atoms with E-state index in [2.05, 4.69) is 6.58 Å². The van der Waals surface area contributed by atoms with Crippen molar-refractivity contribution in [3.63, 3.8) is 0 Å². The third kappa shape index (κ3) is 3.37. The monoisotopic (exact) mass is 332 g/mol. The van der Waals surface area contributed by atoms with Crippen molar-refractivity contribution < 1.29 is 14.3 Å². The van der Waals surface area contributed by atoms with Crippen molar-refractivity contribution in [3.05, 3.63) is 47.1 Å². The number of hydrogen-bond acceptors (Lipinski definition) is 4. The number of primary amides is 1. The Morgan fingerprint density at radius 3 is 2.74 bits per heavy atom. The first kappa shape index (κ1) is 17.0. The van der Waals surface area contributed by atoms with Gasteiger partial charge in [0, 0.05) is 28.4 Å². The third-order valence-corrected chi connectivity index (χ3v) is 4.64. The maximum absolute atomic E-state index is 12.0. The van der Waals surface area contributed by atoms with Crippen molar-refractivity contribution in [2.75, 3.05) is 7.11 Å². The molecular formula is C17H20N2O3S. The zero-order valence-electron chi connectivity index (χ0n) is 13.3. The Morgan fingerprint density at radius 2 is 2.22 bits per heavy atom. The molecule has 0 aliphatic rings. The highest BCUT2D eigenvalue weighted by Crippen LogP contribution is 2.36. The van der Waals surface area contributed by atoms with Crippen molar-refractivity contribution in [3.8, 4) is 10.4 Å². The predicted molar refractivity (Wildman–Crippen MR) is 91.5 cm³/mol. The summed E-state index contributed by atoms with van der Waals surface area (Å²) in [6, 6.07) is 3.88. The fourth-order valence-electron chi connectivity index (χ4n) is 2.74. The van der Waals surface area contributed by atoms with Crippen LogP contribution in [0.1, 0.15) is 28.2 Å². The maximum Gasteiger partial charge on any atom is 0.305 e. The average Bonchev–Trinajstić information content (AvgIpc) is 3.12. The second kappa shape index (κ2) is 7.28. The van der Waals surface area contributed by atoms with Gasteiger partial charge in [-0.15, -0.1) is 17.9 Å². The number of ether oxygens (including phenoxy) is 1. The number of esters is 1. The van der Waals surface area contributed by atoms with Crippen LogP contribution >= 0.6 is 11.3 Å². The lowest BCUT2D eigenvalue weighted by Crippen LogP contribution is -2.13. The summed E-state index contributed by atoms with van der Waals surface area (Å²) in [4.78, 5) is 24.5. The van der Waals surface area contributed by atoms with Gasteiger partial charge in [0.1, 0.15) is 0 Å². The molecule has 0 aliphatic heterocycles. The molecule has 0 saturated carbocycles. The summed E-state index contributed by atoms with van der Waals surface area (Å²) in [5.41, 5.74) is 8.64. The number of hydrogen-bond donors (Lipinski definition) is 1. The normalized spacial score (nSPS) is 10.5. The Morgan fingerprint density at radius 1 is 1.48 bits per heavy atom. The lowest BCUT2D eigenvalue weighted by molar-refractivity contribution is -0.140. The summed E-state index contributed by atoms with van der Waals surface area (Å²) in [5.74, 6) is -0.750. The van der Waals surface area contributed by atoms with Crippen LogP contribution in [0.2, 0.25) is 0 Å². The van der Waals surface area contributed by atoms with Crippen molar-refractivity contribution >= 4 is 23.2 Å². The molecule has 122 valence electrons. The van der Waals surface area contributed by atoms with Crippen molar-refractivity contribution in [2.45, 2.75) is 26.3 Å². The minimum atomic E-state index is -0.465. The number of aromatic nitrogens is 1. The van der Waals surface area contributed by atoms with Crippen LogP contribution in [0.4, 0.5) is 0 Å². The van der Waals surface area contributed by atoms with Crippen LogP contribution in [-0.4, -0.2) is 23.6 Å². The number of methoxy groups -OCH3 is 1. The fraction of sp³-hybridized carbons (Fsp3) is 0.294. The molecule has 0 atom stereocenters. The summed E-state index contributed by atoms with van der Waals surface area (Å²) >= 11 is 1.54. The van der Waals surface area contributed by atoms with Crippen LogP contribution in [0.3, 0.4) is 0 Å². The van der Waals surface area contributed by atoms with Gasteiger partial charge in [-0.05, 0) is 24.8 Å². The van der Waals surface area contributed by atoms with Crippen LogP contribution in [0.15, 0.2) is 30.2 Å². The number of nitrogens with zero attached hydrogens (tertiary/aromatic N) is 1. The minimum Gasteiger partial charge on any atom is -0.469 e. The molecule has 2 aromatic heterocycles. The highest BCUT2D eigenvalue weighted by molar-refractivity contribution is 7.13. The number of thiophene rings is 1. The van der Waals surface area contributed by atoms with Gasteiger partial charge in [0.25, 0.3) is 5.91 Å². The lowest BCUT2D eigenvalue weighted by atomic mass is 10.0. The quantitative estimate of drug-likeness (QED) is 0.626. The van der Waals surface area contributed by atoms with Crippen LogP contribution in [-0.2, 0) is 22.5 Å². The fourth-order valence-corrected chi connectivity index (χ4v) is 3.54. The molecule has 2 rings (SSSR count). The SMILES string of the molecule is C=CCn1c(C)c(C(N)=O)c(-c2cccs2)c1CCC(=O)OC. The van der Waals surface area contributed by atoms with Crippen LogP contribution < -0.4 is 5.73 Å². The first-order chi connectivity index (χ1) is 11.0. The van der Waals surface area contributed by atoms with E-state index in [0.717, 1.165) is 21.8 Å². The molecule has 2 heterocycles. The predicted octanol–water partition coefficient (Wildman–Crippen LogP) is 2.92. The Bertz CT molecular complexity index is 730. The zero-order chi connectivity index (χ0) is 17.0. The Labute approximate surface area is 139 Å².